The smallest absolute Gasteiger partial charge is 0.338 e. The SMILES string of the molecule is CCOC(=O)c1cccc(N=c2oc3ccc(Cl)cc3cc2C(=O)Nc2nccs2)c1. The van der Waals surface area contributed by atoms with Gasteiger partial charge in [0.05, 0.1) is 17.9 Å². The Kier molecular flexibility index (Phi) is 6.11. The number of hydrogen-bond acceptors (Lipinski definition) is 7. The molecule has 156 valence electrons. The van der Waals surface area contributed by atoms with E-state index in [0.29, 0.717) is 32.4 Å². The Bertz CT molecular complexity index is 1330. The van der Waals surface area contributed by atoms with Gasteiger partial charge < -0.3 is 9.15 Å². The summed E-state index contributed by atoms with van der Waals surface area (Å²) in [4.78, 5) is 33.5. The number of carbonyl (C=O) groups excluding carboxylic acids is 2. The van der Waals surface area contributed by atoms with Crippen molar-refractivity contribution in [1.29, 1.82) is 0 Å². The molecule has 0 saturated carbocycles. The van der Waals surface area contributed by atoms with Crippen LogP contribution in [0.3, 0.4) is 0 Å². The van der Waals surface area contributed by atoms with E-state index in [2.05, 4.69) is 15.3 Å². The summed E-state index contributed by atoms with van der Waals surface area (Å²) in [7, 11) is 0. The van der Waals surface area contributed by atoms with Crippen LogP contribution >= 0.6 is 22.9 Å². The Hall–Kier alpha value is -3.49. The number of nitrogens with zero attached hydrogens (tertiary/aromatic N) is 2. The Morgan fingerprint density at radius 3 is 2.87 bits per heavy atom. The van der Waals surface area contributed by atoms with E-state index in [0.717, 1.165) is 0 Å². The second-order valence-corrected chi connectivity index (χ2v) is 7.65. The standard InChI is InChI=1S/C22H16ClN3O4S/c1-2-29-21(28)13-4-3-5-16(11-13)25-20-17(19(27)26-22-24-8-9-31-22)12-14-10-15(23)6-7-18(14)30-20/h3-12H,2H2,1H3,(H,24,26,27). The minimum Gasteiger partial charge on any atom is -0.462 e. The van der Waals surface area contributed by atoms with E-state index in [1.807, 2.05) is 0 Å². The van der Waals surface area contributed by atoms with Crippen molar-refractivity contribution in [3.63, 3.8) is 0 Å². The Balaban J connectivity index is 1.83. The number of thiazole rings is 1. The number of aromatic nitrogens is 1. The molecule has 31 heavy (non-hydrogen) atoms. The van der Waals surface area contributed by atoms with Crippen LogP contribution < -0.4 is 10.9 Å². The van der Waals surface area contributed by atoms with E-state index in [-0.39, 0.29) is 17.7 Å². The molecule has 0 spiro atoms. The molecule has 1 N–H and O–H groups in total. The second kappa shape index (κ2) is 9.11. The van der Waals surface area contributed by atoms with Gasteiger partial charge in [0, 0.05) is 22.0 Å². The van der Waals surface area contributed by atoms with Crippen LogP contribution in [0, 0.1) is 0 Å². The summed E-state index contributed by atoms with van der Waals surface area (Å²) < 4.78 is 11.0. The number of nitrogens with one attached hydrogen (secondary N) is 1. The molecule has 0 radical (unpaired) electrons. The van der Waals surface area contributed by atoms with Gasteiger partial charge in [0.25, 0.3) is 5.91 Å². The number of anilines is 1. The van der Waals surface area contributed by atoms with Gasteiger partial charge in [0.2, 0.25) is 5.55 Å². The highest BCUT2D eigenvalue weighted by molar-refractivity contribution is 7.13. The maximum absolute atomic E-state index is 12.9. The number of esters is 1. The van der Waals surface area contributed by atoms with Gasteiger partial charge >= 0.3 is 5.97 Å². The molecular weight excluding hydrogens is 438 g/mol. The maximum atomic E-state index is 12.9. The molecule has 2 aromatic heterocycles. The lowest BCUT2D eigenvalue weighted by molar-refractivity contribution is 0.0526. The summed E-state index contributed by atoms with van der Waals surface area (Å²) in [5, 5.41) is 6.10. The molecule has 0 saturated heterocycles. The number of fused-ring (bicyclic) bond motifs is 1. The number of hydrogen-bond donors (Lipinski definition) is 1. The van der Waals surface area contributed by atoms with Crippen molar-refractivity contribution >= 4 is 56.6 Å². The van der Waals surface area contributed by atoms with Crippen LogP contribution in [0.1, 0.15) is 27.6 Å². The van der Waals surface area contributed by atoms with Crippen LogP contribution in [-0.2, 0) is 4.74 Å². The van der Waals surface area contributed by atoms with Gasteiger partial charge in [0.15, 0.2) is 5.13 Å². The third kappa shape index (κ3) is 4.82. The Labute approximate surface area is 186 Å². The molecule has 4 aromatic rings. The van der Waals surface area contributed by atoms with E-state index in [9.17, 15) is 9.59 Å². The number of rotatable bonds is 5. The Morgan fingerprint density at radius 2 is 2.10 bits per heavy atom. The highest BCUT2D eigenvalue weighted by atomic mass is 35.5. The van der Waals surface area contributed by atoms with Crippen LogP contribution in [0.15, 0.2) is 69.5 Å². The Morgan fingerprint density at radius 1 is 1.23 bits per heavy atom. The van der Waals surface area contributed by atoms with Crippen molar-refractivity contribution < 1.29 is 18.7 Å². The van der Waals surface area contributed by atoms with Crippen molar-refractivity contribution in [2.24, 2.45) is 4.99 Å². The lowest BCUT2D eigenvalue weighted by Crippen LogP contribution is -2.21. The summed E-state index contributed by atoms with van der Waals surface area (Å²) in [5.41, 5.74) is 1.59. The quantitative estimate of drug-likeness (QED) is 0.419. The number of carbonyl (C=O) groups is 2. The fourth-order valence-electron chi connectivity index (χ4n) is 2.83. The molecule has 7 nitrogen and oxygen atoms in total. The van der Waals surface area contributed by atoms with Crippen molar-refractivity contribution in [3.05, 3.63) is 81.8 Å². The average molecular weight is 454 g/mol. The normalized spacial score (nSPS) is 11.5. The van der Waals surface area contributed by atoms with Gasteiger partial charge in [0.1, 0.15) is 11.1 Å². The van der Waals surface area contributed by atoms with Gasteiger partial charge in [-0.1, -0.05) is 17.7 Å². The largest absolute Gasteiger partial charge is 0.462 e. The summed E-state index contributed by atoms with van der Waals surface area (Å²) in [6.07, 6.45) is 1.59. The fraction of sp³-hybridized carbons (Fsp3) is 0.0909. The zero-order valence-corrected chi connectivity index (χ0v) is 17.9. The highest BCUT2D eigenvalue weighted by Gasteiger charge is 2.15. The maximum Gasteiger partial charge on any atom is 0.338 e. The predicted octanol–water partition coefficient (Wildman–Crippen LogP) is 5.20. The second-order valence-electron chi connectivity index (χ2n) is 6.32. The zero-order chi connectivity index (χ0) is 21.8. The van der Waals surface area contributed by atoms with E-state index in [4.69, 9.17) is 20.8 Å². The van der Waals surface area contributed by atoms with E-state index in [1.54, 1.807) is 67.0 Å². The molecule has 0 fully saturated rings. The number of amides is 1. The minimum absolute atomic E-state index is 0.0879. The van der Waals surface area contributed by atoms with Gasteiger partial charge in [-0.15, -0.1) is 11.3 Å². The molecule has 0 atom stereocenters. The number of halogens is 1. The van der Waals surface area contributed by atoms with E-state index in [1.165, 1.54) is 11.3 Å². The van der Waals surface area contributed by atoms with Crippen molar-refractivity contribution in [3.8, 4) is 0 Å². The summed E-state index contributed by atoms with van der Waals surface area (Å²) >= 11 is 7.39. The molecule has 4 rings (SSSR count). The highest BCUT2D eigenvalue weighted by Crippen LogP contribution is 2.21. The number of ether oxygens (including phenoxy) is 1. The topological polar surface area (TPSA) is 93.8 Å². The minimum atomic E-state index is -0.452. The first-order valence-electron chi connectivity index (χ1n) is 9.29. The van der Waals surface area contributed by atoms with Gasteiger partial charge in [-0.25, -0.2) is 14.8 Å². The lowest BCUT2D eigenvalue weighted by Gasteiger charge is -2.06. The molecule has 0 aliphatic rings. The van der Waals surface area contributed by atoms with Crippen molar-refractivity contribution in [1.82, 2.24) is 4.98 Å². The van der Waals surface area contributed by atoms with E-state index >= 15 is 0 Å². The fourth-order valence-corrected chi connectivity index (χ4v) is 3.54. The molecule has 1 amide bonds. The monoisotopic (exact) mass is 453 g/mol. The number of benzene rings is 2. The van der Waals surface area contributed by atoms with Gasteiger partial charge in [-0.3, -0.25) is 10.1 Å². The molecule has 0 aliphatic heterocycles. The van der Waals surface area contributed by atoms with Crippen LogP contribution in [-0.4, -0.2) is 23.5 Å². The van der Waals surface area contributed by atoms with Crippen molar-refractivity contribution in [2.45, 2.75) is 6.92 Å². The first-order valence-corrected chi connectivity index (χ1v) is 10.6. The van der Waals surface area contributed by atoms with Crippen LogP contribution in [0.4, 0.5) is 10.8 Å². The summed E-state index contributed by atoms with van der Waals surface area (Å²) in [6, 6.07) is 13.3. The van der Waals surface area contributed by atoms with Crippen LogP contribution in [0.25, 0.3) is 11.0 Å². The van der Waals surface area contributed by atoms with Gasteiger partial charge in [-0.05, 0) is 49.4 Å². The first-order chi connectivity index (χ1) is 15.0. The molecular formula is C22H16ClN3O4S. The first kappa shape index (κ1) is 20.8. The summed E-state index contributed by atoms with van der Waals surface area (Å²) in [5.74, 6) is -0.882. The third-order valence-electron chi connectivity index (χ3n) is 4.19. The molecule has 2 heterocycles. The summed E-state index contributed by atoms with van der Waals surface area (Å²) in [6.45, 7) is 2.00. The third-order valence-corrected chi connectivity index (χ3v) is 5.12. The molecule has 0 unspecified atom stereocenters. The zero-order valence-electron chi connectivity index (χ0n) is 16.3. The van der Waals surface area contributed by atoms with Crippen LogP contribution in [0.2, 0.25) is 5.02 Å². The predicted molar refractivity (Wildman–Crippen MR) is 119 cm³/mol. The molecule has 0 bridgehead atoms. The van der Waals surface area contributed by atoms with Gasteiger partial charge in [-0.2, -0.15) is 0 Å². The molecule has 0 aliphatic carbocycles. The van der Waals surface area contributed by atoms with Crippen molar-refractivity contribution in [2.75, 3.05) is 11.9 Å². The molecule has 9 heteroatoms. The van der Waals surface area contributed by atoms with Crippen LogP contribution in [0.5, 0.6) is 0 Å². The average Bonchev–Trinajstić information content (AvgIpc) is 3.27. The molecule has 2 aromatic carbocycles. The van der Waals surface area contributed by atoms with E-state index < -0.39 is 11.9 Å². The lowest BCUT2D eigenvalue weighted by atomic mass is 10.1.